The molecular formula is C23H19Br2N3. The number of nitrogens with zero attached hydrogens (tertiary/aromatic N) is 3. The molecule has 140 valence electrons. The summed E-state index contributed by atoms with van der Waals surface area (Å²) in [5, 5.41) is 0. The number of halogens is 2. The van der Waals surface area contributed by atoms with E-state index in [2.05, 4.69) is 31.9 Å². The number of hydrogen-bond donors (Lipinski definition) is 0. The number of benzene rings is 3. The van der Waals surface area contributed by atoms with Gasteiger partial charge in [0.15, 0.2) is 17.5 Å². The van der Waals surface area contributed by atoms with Gasteiger partial charge in [0.2, 0.25) is 0 Å². The Hall–Kier alpha value is -2.37. The second-order valence-electron chi connectivity index (χ2n) is 5.69. The van der Waals surface area contributed by atoms with Crippen LogP contribution in [0.1, 0.15) is 13.8 Å². The van der Waals surface area contributed by atoms with Crippen LogP contribution in [0.5, 0.6) is 0 Å². The average Bonchev–Trinajstić information content (AvgIpc) is 2.76. The molecule has 0 amide bonds. The van der Waals surface area contributed by atoms with Crippen molar-refractivity contribution in [2.45, 2.75) is 13.8 Å². The third kappa shape index (κ3) is 4.91. The van der Waals surface area contributed by atoms with E-state index in [1.807, 2.05) is 92.7 Å². The third-order valence-corrected chi connectivity index (χ3v) is 4.93. The summed E-state index contributed by atoms with van der Waals surface area (Å²) in [5.41, 5.74) is 2.86. The second kappa shape index (κ2) is 9.71. The van der Waals surface area contributed by atoms with E-state index in [1.165, 1.54) is 0 Å². The summed E-state index contributed by atoms with van der Waals surface area (Å²) in [6.45, 7) is 4.00. The Morgan fingerprint density at radius 2 is 0.786 bits per heavy atom. The minimum absolute atomic E-state index is 0.657. The standard InChI is InChI=1S/C21H13Br2N3.C2H6/c22-17-10-6-15(7-11-17)20-24-19(14-4-2-1-3-5-14)25-21(26-20)16-8-12-18(23)13-9-16;1-2/h1-13H;1-2H3. The van der Waals surface area contributed by atoms with Gasteiger partial charge in [0.1, 0.15) is 0 Å². The van der Waals surface area contributed by atoms with E-state index >= 15 is 0 Å². The van der Waals surface area contributed by atoms with Gasteiger partial charge in [-0.1, -0.05) is 100 Å². The minimum atomic E-state index is 0.657. The molecule has 3 nitrogen and oxygen atoms in total. The Morgan fingerprint density at radius 1 is 0.464 bits per heavy atom. The van der Waals surface area contributed by atoms with Crippen LogP contribution in [0.4, 0.5) is 0 Å². The highest BCUT2D eigenvalue weighted by Crippen LogP contribution is 2.26. The van der Waals surface area contributed by atoms with Gasteiger partial charge in [-0.25, -0.2) is 15.0 Å². The molecule has 1 heterocycles. The Morgan fingerprint density at radius 3 is 1.14 bits per heavy atom. The van der Waals surface area contributed by atoms with Gasteiger partial charge in [-0.2, -0.15) is 0 Å². The summed E-state index contributed by atoms with van der Waals surface area (Å²) in [6, 6.07) is 25.9. The molecule has 1 aromatic heterocycles. The zero-order valence-electron chi connectivity index (χ0n) is 15.6. The summed E-state index contributed by atoms with van der Waals surface area (Å²) in [5.74, 6) is 1.98. The van der Waals surface area contributed by atoms with Gasteiger partial charge in [-0.3, -0.25) is 0 Å². The first-order chi connectivity index (χ1) is 13.7. The molecule has 0 aliphatic carbocycles. The first-order valence-electron chi connectivity index (χ1n) is 9.02. The summed E-state index contributed by atoms with van der Waals surface area (Å²) in [7, 11) is 0. The molecule has 0 fully saturated rings. The first-order valence-corrected chi connectivity index (χ1v) is 10.6. The zero-order chi connectivity index (χ0) is 19.9. The van der Waals surface area contributed by atoms with Crippen molar-refractivity contribution in [1.82, 2.24) is 15.0 Å². The van der Waals surface area contributed by atoms with Crippen molar-refractivity contribution in [3.05, 3.63) is 87.8 Å². The number of rotatable bonds is 3. The molecule has 0 atom stereocenters. The summed E-state index contributed by atoms with van der Waals surface area (Å²) >= 11 is 6.94. The monoisotopic (exact) mass is 495 g/mol. The molecule has 0 saturated carbocycles. The van der Waals surface area contributed by atoms with Crippen LogP contribution in [0, 0.1) is 0 Å². The molecule has 0 radical (unpaired) electrons. The Labute approximate surface area is 182 Å². The van der Waals surface area contributed by atoms with E-state index < -0.39 is 0 Å². The van der Waals surface area contributed by atoms with Gasteiger partial charge in [0, 0.05) is 25.6 Å². The van der Waals surface area contributed by atoms with Crippen molar-refractivity contribution in [2.75, 3.05) is 0 Å². The van der Waals surface area contributed by atoms with Crippen LogP contribution >= 0.6 is 31.9 Å². The lowest BCUT2D eigenvalue weighted by Crippen LogP contribution is -2.00. The highest BCUT2D eigenvalue weighted by molar-refractivity contribution is 9.10. The predicted molar refractivity (Wildman–Crippen MR) is 123 cm³/mol. The fourth-order valence-corrected chi connectivity index (χ4v) is 3.08. The summed E-state index contributed by atoms with van der Waals surface area (Å²) in [4.78, 5) is 14.1. The molecule has 0 saturated heterocycles. The van der Waals surface area contributed by atoms with Gasteiger partial charge < -0.3 is 0 Å². The van der Waals surface area contributed by atoms with E-state index in [4.69, 9.17) is 15.0 Å². The van der Waals surface area contributed by atoms with Crippen molar-refractivity contribution < 1.29 is 0 Å². The Balaban J connectivity index is 0.00000109. The van der Waals surface area contributed by atoms with Crippen LogP contribution in [0.2, 0.25) is 0 Å². The molecule has 0 aliphatic heterocycles. The van der Waals surface area contributed by atoms with Gasteiger partial charge in [-0.15, -0.1) is 0 Å². The lowest BCUT2D eigenvalue weighted by atomic mass is 10.1. The van der Waals surface area contributed by atoms with Gasteiger partial charge in [0.05, 0.1) is 0 Å². The predicted octanol–water partition coefficient (Wildman–Crippen LogP) is 7.42. The highest BCUT2D eigenvalue weighted by Gasteiger charge is 2.12. The zero-order valence-corrected chi connectivity index (χ0v) is 18.8. The molecular weight excluding hydrogens is 478 g/mol. The molecule has 4 aromatic rings. The molecule has 28 heavy (non-hydrogen) atoms. The maximum absolute atomic E-state index is 4.71. The van der Waals surface area contributed by atoms with E-state index in [0.717, 1.165) is 25.6 Å². The van der Waals surface area contributed by atoms with E-state index in [0.29, 0.717) is 17.5 Å². The molecule has 0 unspecified atom stereocenters. The van der Waals surface area contributed by atoms with Gasteiger partial charge >= 0.3 is 0 Å². The van der Waals surface area contributed by atoms with Crippen LogP contribution in [0.15, 0.2) is 87.8 Å². The van der Waals surface area contributed by atoms with Crippen LogP contribution in [-0.4, -0.2) is 15.0 Å². The number of aromatic nitrogens is 3. The number of hydrogen-bond acceptors (Lipinski definition) is 3. The highest BCUT2D eigenvalue weighted by atomic mass is 79.9. The third-order valence-electron chi connectivity index (χ3n) is 3.87. The van der Waals surface area contributed by atoms with Gasteiger partial charge in [0.25, 0.3) is 0 Å². The normalized spacial score (nSPS) is 10.1. The van der Waals surface area contributed by atoms with Crippen molar-refractivity contribution in [1.29, 1.82) is 0 Å². The van der Waals surface area contributed by atoms with Crippen LogP contribution in [0.3, 0.4) is 0 Å². The summed E-state index contributed by atoms with van der Waals surface area (Å²) in [6.07, 6.45) is 0. The molecule has 0 bridgehead atoms. The van der Waals surface area contributed by atoms with Crippen molar-refractivity contribution in [3.63, 3.8) is 0 Å². The molecule has 3 aromatic carbocycles. The largest absolute Gasteiger partial charge is 0.208 e. The maximum atomic E-state index is 4.71. The molecule has 4 rings (SSSR count). The van der Waals surface area contributed by atoms with Crippen molar-refractivity contribution in [3.8, 4) is 34.2 Å². The minimum Gasteiger partial charge on any atom is -0.208 e. The van der Waals surface area contributed by atoms with Gasteiger partial charge in [-0.05, 0) is 24.3 Å². The Kier molecular flexibility index (Phi) is 7.06. The average molecular weight is 497 g/mol. The van der Waals surface area contributed by atoms with Crippen molar-refractivity contribution >= 4 is 31.9 Å². The topological polar surface area (TPSA) is 38.7 Å². The van der Waals surface area contributed by atoms with Crippen molar-refractivity contribution in [2.24, 2.45) is 0 Å². The fraction of sp³-hybridized carbons (Fsp3) is 0.0870. The molecule has 0 N–H and O–H groups in total. The first kappa shape index (κ1) is 20.4. The van der Waals surface area contributed by atoms with E-state index in [-0.39, 0.29) is 0 Å². The molecule has 0 aliphatic rings. The lowest BCUT2D eigenvalue weighted by molar-refractivity contribution is 1.07. The summed E-state index contributed by atoms with van der Waals surface area (Å²) < 4.78 is 2.04. The second-order valence-corrected chi connectivity index (χ2v) is 7.52. The lowest BCUT2D eigenvalue weighted by Gasteiger charge is -2.08. The maximum Gasteiger partial charge on any atom is 0.164 e. The van der Waals surface area contributed by atoms with Crippen LogP contribution in [-0.2, 0) is 0 Å². The Bertz CT molecular complexity index is 968. The SMILES string of the molecule is Brc1ccc(-c2nc(-c3ccccc3)nc(-c3ccc(Br)cc3)n2)cc1.CC. The molecule has 5 heteroatoms. The van der Waals surface area contributed by atoms with E-state index in [1.54, 1.807) is 0 Å². The van der Waals surface area contributed by atoms with E-state index in [9.17, 15) is 0 Å². The van der Waals surface area contributed by atoms with Crippen LogP contribution in [0.25, 0.3) is 34.2 Å². The van der Waals surface area contributed by atoms with Crippen LogP contribution < -0.4 is 0 Å². The smallest absolute Gasteiger partial charge is 0.164 e. The molecule has 0 spiro atoms. The fourth-order valence-electron chi connectivity index (χ4n) is 2.55. The quantitative estimate of drug-likeness (QED) is 0.296.